The average Bonchev–Trinajstić information content (AvgIpc) is 3.04. The van der Waals surface area contributed by atoms with E-state index in [0.29, 0.717) is 49.2 Å². The lowest BCUT2D eigenvalue weighted by atomic mass is 9.87. The van der Waals surface area contributed by atoms with Crippen LogP contribution in [0.4, 0.5) is 0 Å². The fraction of sp³-hybridized carbons (Fsp3) is 0.424. The summed E-state index contributed by atoms with van der Waals surface area (Å²) < 4.78 is 21.6. The van der Waals surface area contributed by atoms with E-state index in [4.69, 9.17) is 24.1 Å². The zero-order chi connectivity index (χ0) is 32.3. The van der Waals surface area contributed by atoms with Gasteiger partial charge in [0.15, 0.2) is 6.61 Å². The first-order valence-corrected chi connectivity index (χ1v) is 14.4. The number of methoxy groups -OCH3 is 1. The van der Waals surface area contributed by atoms with Gasteiger partial charge in [-0.25, -0.2) is 14.4 Å². The molecular weight excluding hydrogens is 570 g/mol. The Morgan fingerprint density at radius 2 is 1.80 bits per heavy atom. The fourth-order valence-electron chi connectivity index (χ4n) is 4.77. The van der Waals surface area contributed by atoms with Crippen LogP contribution in [0.2, 0.25) is 0 Å². The third-order valence-electron chi connectivity index (χ3n) is 7.29. The first-order valence-electron chi connectivity index (χ1n) is 14.4. The van der Waals surface area contributed by atoms with Crippen molar-refractivity contribution in [2.24, 2.45) is 5.41 Å². The van der Waals surface area contributed by atoms with Gasteiger partial charge in [-0.3, -0.25) is 9.59 Å². The maximum atomic E-state index is 13.7. The number of esters is 2. The van der Waals surface area contributed by atoms with Crippen LogP contribution in [0.3, 0.4) is 0 Å². The van der Waals surface area contributed by atoms with Crippen molar-refractivity contribution in [2.45, 2.75) is 58.1 Å². The Hall–Kier alpha value is -4.67. The van der Waals surface area contributed by atoms with E-state index in [9.17, 15) is 24.0 Å². The van der Waals surface area contributed by atoms with Gasteiger partial charge in [-0.15, -0.1) is 0 Å². The van der Waals surface area contributed by atoms with Crippen LogP contribution in [0.5, 0.6) is 11.5 Å². The number of hydrogen-bond acceptors (Lipinski definition) is 9. The largest absolute Gasteiger partial charge is 0.497 e. The molecule has 2 aromatic rings. The first-order chi connectivity index (χ1) is 20.9. The van der Waals surface area contributed by atoms with Gasteiger partial charge in [0.05, 0.1) is 12.5 Å². The van der Waals surface area contributed by atoms with Crippen LogP contribution in [-0.2, 0) is 39.9 Å². The lowest BCUT2D eigenvalue weighted by Crippen LogP contribution is -2.53. The number of hydrogen-bond donors (Lipinski definition) is 1. The van der Waals surface area contributed by atoms with Crippen molar-refractivity contribution in [3.8, 4) is 11.5 Å². The number of piperidine rings is 1. The number of carbonyl (C=O) groups is 5. The number of carboxylic acids is 1. The van der Waals surface area contributed by atoms with E-state index in [1.54, 1.807) is 31.4 Å². The van der Waals surface area contributed by atoms with Crippen LogP contribution in [-0.4, -0.2) is 72.5 Å². The Labute approximate surface area is 256 Å². The van der Waals surface area contributed by atoms with Gasteiger partial charge in [0.25, 0.3) is 5.91 Å². The van der Waals surface area contributed by atoms with Crippen molar-refractivity contribution < 1.29 is 48.0 Å². The highest BCUT2D eigenvalue weighted by Crippen LogP contribution is 2.30. The standard InChI is InChI=1S/C33H39NO10/c1-5-29(37)43-21-33(2,3)30(38)31(39)34-18-7-6-11-26(34)32(40)44-27(17-14-22-12-15-24(41-4)16-13-22)23-9-8-10-25(19-23)42-20-28(35)36/h5,8-10,12-13,15-16,19,26-27H,1,6-7,11,14,17-18,20-21H2,2-4H3,(H,35,36)/t26-,27+/m0/s1. The number of benzene rings is 2. The van der Waals surface area contributed by atoms with Crippen molar-refractivity contribution in [2.75, 3.05) is 26.9 Å². The molecule has 0 radical (unpaired) electrons. The van der Waals surface area contributed by atoms with Gasteiger partial charge >= 0.3 is 17.9 Å². The van der Waals surface area contributed by atoms with Crippen molar-refractivity contribution in [1.29, 1.82) is 0 Å². The molecule has 11 nitrogen and oxygen atoms in total. The summed E-state index contributed by atoms with van der Waals surface area (Å²) in [4.78, 5) is 64.1. The summed E-state index contributed by atoms with van der Waals surface area (Å²) in [5.74, 6) is -3.11. The molecule has 2 aromatic carbocycles. The fourth-order valence-corrected chi connectivity index (χ4v) is 4.77. The molecule has 1 heterocycles. The number of aliphatic carboxylic acids is 1. The third kappa shape index (κ3) is 9.42. The molecule has 3 rings (SSSR count). The molecule has 1 saturated heterocycles. The molecule has 0 bridgehead atoms. The second kappa shape index (κ2) is 15.7. The van der Waals surface area contributed by atoms with Crippen molar-refractivity contribution in [3.63, 3.8) is 0 Å². The lowest BCUT2D eigenvalue weighted by molar-refractivity contribution is -0.165. The molecule has 44 heavy (non-hydrogen) atoms. The monoisotopic (exact) mass is 609 g/mol. The number of amides is 1. The van der Waals surface area contributed by atoms with Crippen molar-refractivity contribution >= 4 is 29.6 Å². The summed E-state index contributed by atoms with van der Waals surface area (Å²) in [7, 11) is 1.58. The van der Waals surface area contributed by atoms with E-state index in [1.165, 1.54) is 18.7 Å². The molecule has 11 heteroatoms. The van der Waals surface area contributed by atoms with Crippen LogP contribution >= 0.6 is 0 Å². The predicted octanol–water partition coefficient (Wildman–Crippen LogP) is 4.08. The third-order valence-corrected chi connectivity index (χ3v) is 7.29. The van der Waals surface area contributed by atoms with Crippen LogP contribution in [0.25, 0.3) is 0 Å². The number of ketones is 1. The Bertz CT molecular complexity index is 1350. The smallest absolute Gasteiger partial charge is 0.341 e. The van der Waals surface area contributed by atoms with Gasteiger partial charge in [-0.05, 0) is 81.3 Å². The zero-order valence-electron chi connectivity index (χ0n) is 25.3. The van der Waals surface area contributed by atoms with E-state index < -0.39 is 53.8 Å². The molecule has 0 aromatic heterocycles. The topological polar surface area (TPSA) is 146 Å². The highest BCUT2D eigenvalue weighted by atomic mass is 16.5. The molecular formula is C33H39NO10. The summed E-state index contributed by atoms with van der Waals surface area (Å²) in [5, 5.41) is 9.00. The molecule has 1 amide bonds. The van der Waals surface area contributed by atoms with E-state index >= 15 is 0 Å². The maximum Gasteiger partial charge on any atom is 0.341 e. The molecule has 1 N–H and O–H groups in total. The van der Waals surface area contributed by atoms with Gasteiger partial charge in [-0.2, -0.15) is 0 Å². The van der Waals surface area contributed by atoms with Gasteiger partial charge in [0.2, 0.25) is 5.78 Å². The average molecular weight is 610 g/mol. The molecule has 1 fully saturated rings. The number of likely N-dealkylation sites (tertiary alicyclic amines) is 1. The van der Waals surface area contributed by atoms with Gasteiger partial charge in [0, 0.05) is 12.6 Å². The molecule has 0 spiro atoms. The predicted molar refractivity (Wildman–Crippen MR) is 159 cm³/mol. The Balaban J connectivity index is 1.81. The van der Waals surface area contributed by atoms with Crippen LogP contribution in [0, 0.1) is 5.41 Å². The van der Waals surface area contributed by atoms with E-state index in [0.717, 1.165) is 11.6 Å². The quantitative estimate of drug-likeness (QED) is 0.178. The maximum absolute atomic E-state index is 13.7. The summed E-state index contributed by atoms with van der Waals surface area (Å²) in [6, 6.07) is 13.2. The minimum atomic E-state index is -1.32. The Morgan fingerprint density at radius 1 is 1.07 bits per heavy atom. The number of aryl methyl sites for hydroxylation is 1. The van der Waals surface area contributed by atoms with Gasteiger partial charge in [-0.1, -0.05) is 30.8 Å². The highest BCUT2D eigenvalue weighted by molar-refractivity contribution is 6.38. The summed E-state index contributed by atoms with van der Waals surface area (Å²) in [5.41, 5.74) is 0.244. The number of carbonyl (C=O) groups excluding carboxylic acids is 4. The van der Waals surface area contributed by atoms with Gasteiger partial charge in [0.1, 0.15) is 30.3 Å². The Morgan fingerprint density at radius 3 is 2.45 bits per heavy atom. The van der Waals surface area contributed by atoms with Crippen LogP contribution < -0.4 is 9.47 Å². The number of carboxylic acid groups (broad SMARTS) is 1. The zero-order valence-corrected chi connectivity index (χ0v) is 25.3. The summed E-state index contributed by atoms with van der Waals surface area (Å²) in [6.07, 6.45) is 2.70. The molecule has 1 aliphatic heterocycles. The van der Waals surface area contributed by atoms with Crippen LogP contribution in [0.1, 0.15) is 56.8 Å². The van der Waals surface area contributed by atoms with Crippen LogP contribution in [0.15, 0.2) is 61.2 Å². The van der Waals surface area contributed by atoms with Crippen molar-refractivity contribution in [3.05, 3.63) is 72.3 Å². The molecule has 0 aliphatic carbocycles. The van der Waals surface area contributed by atoms with Crippen molar-refractivity contribution in [1.82, 2.24) is 4.90 Å². The summed E-state index contributed by atoms with van der Waals surface area (Å²) in [6.45, 7) is 5.66. The van der Waals surface area contributed by atoms with E-state index in [2.05, 4.69) is 6.58 Å². The molecule has 1 aliphatic rings. The Kier molecular flexibility index (Phi) is 12.1. The molecule has 236 valence electrons. The second-order valence-electron chi connectivity index (χ2n) is 11.1. The number of nitrogens with zero attached hydrogens (tertiary/aromatic N) is 1. The number of ether oxygens (including phenoxy) is 4. The highest BCUT2D eigenvalue weighted by Gasteiger charge is 2.42. The van der Waals surface area contributed by atoms with Gasteiger partial charge < -0.3 is 29.0 Å². The number of Topliss-reactive ketones (excluding diaryl/α,β-unsaturated/α-hetero) is 1. The number of rotatable bonds is 15. The second-order valence-corrected chi connectivity index (χ2v) is 11.1. The molecule has 0 saturated carbocycles. The lowest BCUT2D eigenvalue weighted by Gasteiger charge is -2.36. The summed E-state index contributed by atoms with van der Waals surface area (Å²) >= 11 is 0. The normalized spacial score (nSPS) is 15.4. The van der Waals surface area contributed by atoms with E-state index in [1.807, 2.05) is 24.3 Å². The first kappa shape index (κ1) is 33.8. The van der Waals surface area contributed by atoms with E-state index in [-0.39, 0.29) is 13.2 Å². The molecule has 0 unspecified atom stereocenters. The SMILES string of the molecule is C=CC(=O)OCC(C)(C)C(=O)C(=O)N1CCCC[C@H]1C(=O)O[C@H](CCc1ccc(OC)cc1)c1cccc(OCC(=O)O)c1. The molecule has 2 atom stereocenters. The minimum absolute atomic E-state index is 0.196. The minimum Gasteiger partial charge on any atom is -0.497 e.